The third-order valence-electron chi connectivity index (χ3n) is 3.59. The molecule has 1 N–H and O–H groups in total. The van der Waals surface area contributed by atoms with Gasteiger partial charge in [0.05, 0.1) is 18.3 Å². The van der Waals surface area contributed by atoms with Crippen molar-refractivity contribution in [1.29, 1.82) is 0 Å². The lowest BCUT2D eigenvalue weighted by molar-refractivity contribution is 0.0961. The molecule has 0 saturated carbocycles. The van der Waals surface area contributed by atoms with E-state index in [1.54, 1.807) is 12.1 Å². The Balaban J connectivity index is 1.71. The maximum Gasteiger partial charge on any atom is 0.216 e. The number of benzene rings is 1. The molecule has 3 heteroatoms. The molecule has 19 heavy (non-hydrogen) atoms. The normalized spacial score (nSPS) is 21.6. The second kappa shape index (κ2) is 4.67. The third kappa shape index (κ3) is 2.34. The van der Waals surface area contributed by atoms with Gasteiger partial charge < -0.3 is 4.42 Å². The average Bonchev–Trinajstić information content (AvgIpc) is 3.03. The summed E-state index contributed by atoms with van der Waals surface area (Å²) in [6, 6.07) is 11.9. The number of carbonyl (C=O) groups excluding carboxylic acids is 1. The molecule has 1 aliphatic rings. The highest BCUT2D eigenvalue weighted by Crippen LogP contribution is 2.32. The van der Waals surface area contributed by atoms with Crippen molar-refractivity contribution >= 4 is 5.78 Å². The smallest absolute Gasteiger partial charge is 0.216 e. The first-order chi connectivity index (χ1) is 9.16. The predicted octanol–water partition coefficient (Wildman–Crippen LogP) is 3.30. The summed E-state index contributed by atoms with van der Waals surface area (Å²) in [5.74, 6) is 0.989. The highest BCUT2D eigenvalue weighted by molar-refractivity contribution is 6.00. The molecule has 1 aliphatic heterocycles. The maximum atomic E-state index is 12.1. The van der Waals surface area contributed by atoms with Crippen LogP contribution in [0.25, 0.3) is 0 Å². The van der Waals surface area contributed by atoms with Crippen LogP contribution in [0, 0.1) is 0 Å². The van der Waals surface area contributed by atoms with Crippen molar-refractivity contribution in [2.24, 2.45) is 0 Å². The summed E-state index contributed by atoms with van der Waals surface area (Å²) < 4.78 is 5.14. The van der Waals surface area contributed by atoms with E-state index in [0.717, 1.165) is 5.56 Å². The molecule has 2 aromatic rings. The van der Waals surface area contributed by atoms with Crippen molar-refractivity contribution in [3.8, 4) is 0 Å². The average molecular weight is 255 g/mol. The molecular weight excluding hydrogens is 238 g/mol. The van der Waals surface area contributed by atoms with E-state index in [0.29, 0.717) is 11.7 Å². The van der Waals surface area contributed by atoms with Crippen molar-refractivity contribution in [1.82, 2.24) is 5.32 Å². The fraction of sp³-hybridized carbons (Fsp3) is 0.312. The van der Waals surface area contributed by atoms with Crippen LogP contribution < -0.4 is 5.32 Å². The largest absolute Gasteiger partial charge is 0.461 e. The van der Waals surface area contributed by atoms with Gasteiger partial charge in [0.2, 0.25) is 5.78 Å². The highest BCUT2D eigenvalue weighted by Gasteiger charge is 2.44. The van der Waals surface area contributed by atoms with Gasteiger partial charge in [-0.2, -0.15) is 0 Å². The highest BCUT2D eigenvalue weighted by atomic mass is 16.3. The van der Waals surface area contributed by atoms with Crippen LogP contribution in [0.5, 0.6) is 0 Å². The monoisotopic (exact) mass is 255 g/mol. The minimum atomic E-state index is -0.143. The Labute approximate surface area is 112 Å². The molecule has 1 aromatic carbocycles. The van der Waals surface area contributed by atoms with E-state index >= 15 is 0 Å². The summed E-state index contributed by atoms with van der Waals surface area (Å²) in [6.07, 6.45) is 1.53. The van der Waals surface area contributed by atoms with Crippen molar-refractivity contribution < 1.29 is 9.21 Å². The number of hydrogen-bond acceptors (Lipinski definition) is 3. The number of Topliss-reactive ketones (excluding diaryl/α,β-unsaturated/α-hetero) is 1. The van der Waals surface area contributed by atoms with Gasteiger partial charge in [-0.05, 0) is 29.2 Å². The quantitative estimate of drug-likeness (QED) is 0.673. The Kier molecular flexibility index (Phi) is 2.99. The predicted molar refractivity (Wildman–Crippen MR) is 73.2 cm³/mol. The van der Waals surface area contributed by atoms with Gasteiger partial charge in [0.15, 0.2) is 5.76 Å². The summed E-state index contributed by atoms with van der Waals surface area (Å²) in [4.78, 5) is 12.1. The number of furan rings is 1. The lowest BCUT2D eigenvalue weighted by atomic mass is 9.99. The molecule has 2 heterocycles. The van der Waals surface area contributed by atoms with Gasteiger partial charge in [-0.15, -0.1) is 0 Å². The Morgan fingerprint density at radius 3 is 2.53 bits per heavy atom. The first kappa shape index (κ1) is 12.2. The van der Waals surface area contributed by atoms with Crippen molar-refractivity contribution in [2.75, 3.05) is 0 Å². The number of ketones is 1. The molecule has 2 unspecified atom stereocenters. The van der Waals surface area contributed by atoms with Gasteiger partial charge in [0, 0.05) is 0 Å². The minimum absolute atomic E-state index is 0.0305. The van der Waals surface area contributed by atoms with Crippen LogP contribution in [-0.4, -0.2) is 11.8 Å². The summed E-state index contributed by atoms with van der Waals surface area (Å²) in [5.41, 5.74) is 2.48. The number of nitrogens with one attached hydrogen (secondary N) is 1. The van der Waals surface area contributed by atoms with Gasteiger partial charge in [-0.1, -0.05) is 38.1 Å². The van der Waals surface area contributed by atoms with E-state index in [9.17, 15) is 4.79 Å². The van der Waals surface area contributed by atoms with Gasteiger partial charge in [0.1, 0.15) is 0 Å². The van der Waals surface area contributed by atoms with Crippen molar-refractivity contribution in [3.05, 3.63) is 59.5 Å². The minimum Gasteiger partial charge on any atom is -0.461 e. The summed E-state index contributed by atoms with van der Waals surface area (Å²) in [7, 11) is 0. The second-order valence-corrected chi connectivity index (χ2v) is 5.28. The van der Waals surface area contributed by atoms with E-state index in [1.165, 1.54) is 11.8 Å². The Bertz CT molecular complexity index is 569. The summed E-state index contributed by atoms with van der Waals surface area (Å²) in [5, 5.41) is 3.21. The zero-order chi connectivity index (χ0) is 13.4. The van der Waals surface area contributed by atoms with E-state index in [1.807, 2.05) is 0 Å². The number of rotatable bonds is 4. The molecule has 3 rings (SSSR count). The van der Waals surface area contributed by atoms with E-state index in [2.05, 4.69) is 43.4 Å². The zero-order valence-electron chi connectivity index (χ0n) is 11.1. The SMILES string of the molecule is CC(C)c1ccc(C2NC2C(=O)c2ccco2)cc1. The molecule has 0 radical (unpaired) electrons. The van der Waals surface area contributed by atoms with E-state index in [4.69, 9.17) is 4.42 Å². The number of carbonyl (C=O) groups is 1. The first-order valence-electron chi connectivity index (χ1n) is 6.60. The molecule has 0 spiro atoms. The van der Waals surface area contributed by atoms with Gasteiger partial charge >= 0.3 is 0 Å². The topological polar surface area (TPSA) is 52.2 Å². The molecule has 3 nitrogen and oxygen atoms in total. The summed E-state index contributed by atoms with van der Waals surface area (Å²) >= 11 is 0. The molecule has 1 fully saturated rings. The molecule has 1 saturated heterocycles. The van der Waals surface area contributed by atoms with Crippen LogP contribution in [0.4, 0.5) is 0 Å². The fourth-order valence-corrected chi connectivity index (χ4v) is 2.31. The second-order valence-electron chi connectivity index (χ2n) is 5.28. The van der Waals surface area contributed by atoms with Crippen molar-refractivity contribution in [3.63, 3.8) is 0 Å². The zero-order valence-corrected chi connectivity index (χ0v) is 11.1. The molecule has 0 amide bonds. The maximum absolute atomic E-state index is 12.1. The van der Waals surface area contributed by atoms with Crippen molar-refractivity contribution in [2.45, 2.75) is 31.8 Å². The Hall–Kier alpha value is -1.87. The standard InChI is InChI=1S/C16H17NO2/c1-10(2)11-5-7-12(8-6-11)14-15(17-14)16(18)13-4-3-9-19-13/h3-10,14-15,17H,1-2H3. The fourth-order valence-electron chi connectivity index (χ4n) is 2.31. The Morgan fingerprint density at radius 2 is 1.95 bits per heavy atom. The van der Waals surface area contributed by atoms with Crippen LogP contribution in [0.2, 0.25) is 0 Å². The lowest BCUT2D eigenvalue weighted by Gasteiger charge is -2.05. The first-order valence-corrected chi connectivity index (χ1v) is 6.60. The molecule has 98 valence electrons. The van der Waals surface area contributed by atoms with Gasteiger partial charge in [0.25, 0.3) is 0 Å². The van der Waals surface area contributed by atoms with E-state index < -0.39 is 0 Å². The van der Waals surface area contributed by atoms with Crippen LogP contribution in [0.3, 0.4) is 0 Å². The van der Waals surface area contributed by atoms with E-state index in [-0.39, 0.29) is 17.9 Å². The Morgan fingerprint density at radius 1 is 1.21 bits per heavy atom. The number of hydrogen-bond donors (Lipinski definition) is 1. The van der Waals surface area contributed by atoms with Crippen LogP contribution in [0.1, 0.15) is 47.5 Å². The van der Waals surface area contributed by atoms with Crippen LogP contribution >= 0.6 is 0 Å². The van der Waals surface area contributed by atoms with Gasteiger partial charge in [-0.3, -0.25) is 10.1 Å². The van der Waals surface area contributed by atoms with Crippen LogP contribution in [-0.2, 0) is 0 Å². The summed E-state index contributed by atoms with van der Waals surface area (Å²) in [6.45, 7) is 4.35. The molecule has 0 bridgehead atoms. The van der Waals surface area contributed by atoms with Gasteiger partial charge in [-0.25, -0.2) is 0 Å². The third-order valence-corrected chi connectivity index (χ3v) is 3.59. The van der Waals surface area contributed by atoms with Crippen LogP contribution in [0.15, 0.2) is 47.1 Å². The molecule has 2 atom stereocenters. The molecule has 0 aliphatic carbocycles. The lowest BCUT2D eigenvalue weighted by Crippen LogP contribution is -2.09. The molecular formula is C16H17NO2. The molecule has 1 aromatic heterocycles.